The van der Waals surface area contributed by atoms with E-state index in [2.05, 4.69) is 15.3 Å². The summed E-state index contributed by atoms with van der Waals surface area (Å²) in [7, 11) is 0. The minimum Gasteiger partial charge on any atom is -0.490 e. The van der Waals surface area contributed by atoms with Gasteiger partial charge in [-0.05, 0) is 43.3 Å². The molecule has 0 N–H and O–H groups in total. The van der Waals surface area contributed by atoms with Crippen molar-refractivity contribution in [2.45, 2.75) is 26.4 Å². The minimum atomic E-state index is -0.270. The fraction of sp³-hybridized carbons (Fsp3) is 0.240. The highest BCUT2D eigenvalue weighted by molar-refractivity contribution is 5.80. The molecule has 0 bridgehead atoms. The van der Waals surface area contributed by atoms with Crippen LogP contribution in [0.15, 0.2) is 64.2 Å². The lowest BCUT2D eigenvalue weighted by atomic mass is 10.1. The Morgan fingerprint density at radius 1 is 0.943 bits per heavy atom. The average Bonchev–Trinajstić information content (AvgIpc) is 3.14. The number of aromatic nitrogens is 6. The first-order valence-corrected chi connectivity index (χ1v) is 11.5. The van der Waals surface area contributed by atoms with Crippen molar-refractivity contribution in [1.82, 2.24) is 28.9 Å². The molecule has 0 amide bonds. The number of hydrogen-bond donors (Lipinski definition) is 0. The molecule has 0 saturated carbocycles. The van der Waals surface area contributed by atoms with Crippen LogP contribution in [0.3, 0.4) is 0 Å². The van der Waals surface area contributed by atoms with Crippen molar-refractivity contribution in [3.05, 3.63) is 81.1 Å². The van der Waals surface area contributed by atoms with Gasteiger partial charge in [0.05, 0.1) is 29.8 Å². The summed E-state index contributed by atoms with van der Waals surface area (Å²) in [6.07, 6.45) is 0.819. The van der Waals surface area contributed by atoms with Gasteiger partial charge in [-0.2, -0.15) is 5.10 Å². The van der Waals surface area contributed by atoms with Crippen LogP contribution < -0.4 is 20.6 Å². The molecule has 10 nitrogen and oxygen atoms in total. The van der Waals surface area contributed by atoms with E-state index in [1.165, 1.54) is 10.7 Å². The second-order valence-corrected chi connectivity index (χ2v) is 8.24. The van der Waals surface area contributed by atoms with Crippen molar-refractivity contribution in [1.29, 1.82) is 0 Å². The molecular weight excluding hydrogens is 448 g/mol. The topological polar surface area (TPSA) is 106 Å². The largest absolute Gasteiger partial charge is 0.490 e. The van der Waals surface area contributed by atoms with E-state index in [-0.39, 0.29) is 17.7 Å². The van der Waals surface area contributed by atoms with Crippen LogP contribution in [0.25, 0.3) is 27.9 Å². The zero-order valence-corrected chi connectivity index (χ0v) is 19.0. The lowest BCUT2D eigenvalue weighted by Gasteiger charge is -2.11. The van der Waals surface area contributed by atoms with Gasteiger partial charge < -0.3 is 9.47 Å². The van der Waals surface area contributed by atoms with Crippen LogP contribution in [0.2, 0.25) is 0 Å². The van der Waals surface area contributed by atoms with E-state index in [0.29, 0.717) is 59.5 Å². The summed E-state index contributed by atoms with van der Waals surface area (Å²) in [5.74, 6) is 2.29. The van der Waals surface area contributed by atoms with E-state index in [4.69, 9.17) is 9.47 Å². The molecular formula is C25H22N6O4. The van der Waals surface area contributed by atoms with Crippen molar-refractivity contribution in [3.8, 4) is 22.8 Å². The highest BCUT2D eigenvalue weighted by Crippen LogP contribution is 2.33. The molecule has 0 spiro atoms. The lowest BCUT2D eigenvalue weighted by Crippen LogP contribution is -2.25. The highest BCUT2D eigenvalue weighted by atomic mass is 16.5. The smallest absolute Gasteiger partial charge is 0.267 e. The third-order valence-electron chi connectivity index (χ3n) is 6.09. The van der Waals surface area contributed by atoms with Crippen LogP contribution in [0.4, 0.5) is 0 Å². The first-order chi connectivity index (χ1) is 17.1. The van der Waals surface area contributed by atoms with Crippen LogP contribution in [0.1, 0.15) is 19.2 Å². The molecule has 0 atom stereocenters. The molecule has 6 rings (SSSR count). The Kier molecular flexibility index (Phi) is 5.05. The summed E-state index contributed by atoms with van der Waals surface area (Å²) >= 11 is 0. The van der Waals surface area contributed by atoms with Crippen molar-refractivity contribution < 1.29 is 9.47 Å². The summed E-state index contributed by atoms with van der Waals surface area (Å²) in [4.78, 5) is 25.6. The van der Waals surface area contributed by atoms with Crippen molar-refractivity contribution in [2.24, 2.45) is 0 Å². The number of aryl methyl sites for hydroxylation is 1. The monoisotopic (exact) mass is 470 g/mol. The SMILES string of the molecule is CCn1c(=O)c2ccccc2n2c(Cn3nc(-c4ccc5c(c4)OCCCO5)ccc3=O)nnc12. The minimum absolute atomic E-state index is 0.0876. The maximum atomic E-state index is 12.9. The average molecular weight is 470 g/mol. The second kappa shape index (κ2) is 8.39. The summed E-state index contributed by atoms with van der Waals surface area (Å²) in [5, 5.41) is 13.7. The Morgan fingerprint density at radius 3 is 2.63 bits per heavy atom. The van der Waals surface area contributed by atoms with Gasteiger partial charge in [-0.3, -0.25) is 18.6 Å². The predicted octanol–water partition coefficient (Wildman–Crippen LogP) is 2.50. The standard InChI is InChI=1S/C25H22N6O4/c1-2-29-24(33)17-6-3-4-7-19(17)31-22(26-27-25(29)31)15-30-23(32)11-9-18(28-30)16-8-10-20-21(14-16)35-13-5-12-34-20/h3-4,6-11,14H,2,5,12-13,15H2,1H3. The van der Waals surface area contributed by atoms with Gasteiger partial charge in [-0.1, -0.05) is 12.1 Å². The number of benzene rings is 2. The molecule has 2 aromatic carbocycles. The Hall–Kier alpha value is -4.47. The zero-order valence-electron chi connectivity index (χ0n) is 19.0. The molecule has 10 heteroatoms. The highest BCUT2D eigenvalue weighted by Gasteiger charge is 2.17. The Labute approximate surface area is 199 Å². The maximum absolute atomic E-state index is 12.9. The number of fused-ring (bicyclic) bond motifs is 4. The van der Waals surface area contributed by atoms with Gasteiger partial charge in [-0.15, -0.1) is 10.2 Å². The molecule has 0 saturated heterocycles. The molecule has 0 fully saturated rings. The van der Waals surface area contributed by atoms with Gasteiger partial charge in [0.25, 0.3) is 11.1 Å². The summed E-state index contributed by atoms with van der Waals surface area (Å²) in [6.45, 7) is 3.62. The third kappa shape index (κ3) is 3.54. The molecule has 4 heterocycles. The van der Waals surface area contributed by atoms with E-state index in [9.17, 15) is 9.59 Å². The Bertz CT molecular complexity index is 1700. The number of para-hydroxylation sites is 1. The van der Waals surface area contributed by atoms with E-state index in [1.54, 1.807) is 16.7 Å². The van der Waals surface area contributed by atoms with Gasteiger partial charge in [0.1, 0.15) is 6.54 Å². The normalized spacial score (nSPS) is 13.3. The van der Waals surface area contributed by atoms with Crippen molar-refractivity contribution in [2.75, 3.05) is 13.2 Å². The summed E-state index contributed by atoms with van der Waals surface area (Å²) in [5.41, 5.74) is 1.71. The van der Waals surface area contributed by atoms with Crippen LogP contribution in [-0.4, -0.2) is 42.2 Å². The summed E-state index contributed by atoms with van der Waals surface area (Å²) < 4.78 is 16.3. The van der Waals surface area contributed by atoms with Crippen LogP contribution in [0, 0.1) is 0 Å². The molecule has 0 unspecified atom stereocenters. The molecule has 1 aliphatic heterocycles. The molecule has 0 radical (unpaired) electrons. The van der Waals surface area contributed by atoms with Gasteiger partial charge in [0, 0.05) is 24.6 Å². The van der Waals surface area contributed by atoms with Crippen molar-refractivity contribution in [3.63, 3.8) is 0 Å². The number of hydrogen-bond acceptors (Lipinski definition) is 7. The van der Waals surface area contributed by atoms with Crippen molar-refractivity contribution >= 4 is 16.7 Å². The predicted molar refractivity (Wildman–Crippen MR) is 129 cm³/mol. The number of ether oxygens (including phenoxy) is 2. The third-order valence-corrected chi connectivity index (χ3v) is 6.09. The molecule has 1 aliphatic rings. The van der Waals surface area contributed by atoms with E-state index in [0.717, 1.165) is 12.0 Å². The first-order valence-electron chi connectivity index (χ1n) is 11.5. The van der Waals surface area contributed by atoms with E-state index >= 15 is 0 Å². The number of rotatable bonds is 4. The maximum Gasteiger partial charge on any atom is 0.267 e. The van der Waals surface area contributed by atoms with E-state index < -0.39 is 0 Å². The fourth-order valence-electron chi connectivity index (χ4n) is 4.37. The second-order valence-electron chi connectivity index (χ2n) is 8.24. The Morgan fingerprint density at radius 2 is 1.77 bits per heavy atom. The van der Waals surface area contributed by atoms with Crippen LogP contribution >= 0.6 is 0 Å². The van der Waals surface area contributed by atoms with Gasteiger partial charge >= 0.3 is 0 Å². The first kappa shape index (κ1) is 21.1. The lowest BCUT2D eigenvalue weighted by molar-refractivity contribution is 0.297. The molecule has 176 valence electrons. The quantitative estimate of drug-likeness (QED) is 0.397. The van der Waals surface area contributed by atoms with Gasteiger partial charge in [0.15, 0.2) is 17.3 Å². The molecule has 5 aromatic rings. The fourth-order valence-corrected chi connectivity index (χ4v) is 4.37. The molecule has 0 aliphatic carbocycles. The molecule has 35 heavy (non-hydrogen) atoms. The van der Waals surface area contributed by atoms with Gasteiger partial charge in [-0.25, -0.2) is 4.68 Å². The van der Waals surface area contributed by atoms with E-state index in [1.807, 2.05) is 47.7 Å². The summed E-state index contributed by atoms with van der Waals surface area (Å²) in [6, 6.07) is 16.1. The van der Waals surface area contributed by atoms with Crippen LogP contribution in [0.5, 0.6) is 11.5 Å². The zero-order chi connectivity index (χ0) is 23.9. The van der Waals surface area contributed by atoms with Gasteiger partial charge in [0.2, 0.25) is 5.78 Å². The number of nitrogens with zero attached hydrogens (tertiary/aromatic N) is 6. The molecule has 3 aromatic heterocycles. The van der Waals surface area contributed by atoms with Crippen LogP contribution in [-0.2, 0) is 13.1 Å². The Balaban J connectivity index is 1.45.